The molecule has 0 unspecified atom stereocenters. The van der Waals surface area contributed by atoms with Crippen molar-refractivity contribution in [3.05, 3.63) is 10.6 Å². The molecule has 1 aromatic rings. The van der Waals surface area contributed by atoms with Crippen LogP contribution in [-0.4, -0.2) is 48.5 Å². The molecule has 122 valence electrons. The predicted octanol–water partition coefficient (Wildman–Crippen LogP) is 1.87. The van der Waals surface area contributed by atoms with E-state index in [0.717, 1.165) is 50.8 Å². The lowest BCUT2D eigenvalue weighted by Gasteiger charge is -2.29. The van der Waals surface area contributed by atoms with Crippen molar-refractivity contribution in [3.63, 3.8) is 0 Å². The lowest BCUT2D eigenvalue weighted by atomic mass is 9.91. The van der Waals surface area contributed by atoms with E-state index < -0.39 is 0 Å². The van der Waals surface area contributed by atoms with Gasteiger partial charge in [-0.25, -0.2) is 4.98 Å². The first-order chi connectivity index (χ1) is 10.4. The van der Waals surface area contributed by atoms with Gasteiger partial charge in [-0.1, -0.05) is 32.1 Å². The maximum Gasteiger partial charge on any atom is 0.223 e. The van der Waals surface area contributed by atoms with Crippen molar-refractivity contribution in [2.75, 3.05) is 37.6 Å². The van der Waals surface area contributed by atoms with Crippen LogP contribution in [0.5, 0.6) is 0 Å². The van der Waals surface area contributed by atoms with Gasteiger partial charge in [0.1, 0.15) is 0 Å². The van der Waals surface area contributed by atoms with Crippen LogP contribution in [0.3, 0.4) is 0 Å². The molecular formula is C16H26N4OS. The van der Waals surface area contributed by atoms with Crippen molar-refractivity contribution >= 4 is 22.4 Å². The molecule has 1 saturated heterocycles. The molecule has 2 aliphatic heterocycles. The smallest absolute Gasteiger partial charge is 0.223 e. The van der Waals surface area contributed by atoms with Crippen LogP contribution in [0.15, 0.2) is 0 Å². The van der Waals surface area contributed by atoms with Gasteiger partial charge in [-0.3, -0.25) is 4.79 Å². The Morgan fingerprint density at radius 2 is 2.00 bits per heavy atom. The number of aromatic nitrogens is 1. The fourth-order valence-corrected chi connectivity index (χ4v) is 4.13. The number of hydrogen-bond acceptors (Lipinski definition) is 5. The highest BCUT2D eigenvalue weighted by Gasteiger charge is 2.27. The highest BCUT2D eigenvalue weighted by Crippen LogP contribution is 2.31. The topological polar surface area (TPSA) is 48.5 Å². The van der Waals surface area contributed by atoms with Crippen molar-refractivity contribution in [1.29, 1.82) is 0 Å². The Kier molecular flexibility index (Phi) is 4.41. The molecule has 3 rings (SSSR count). The van der Waals surface area contributed by atoms with Gasteiger partial charge in [0.2, 0.25) is 5.91 Å². The van der Waals surface area contributed by atoms with E-state index in [0.29, 0.717) is 6.42 Å². The van der Waals surface area contributed by atoms with Gasteiger partial charge >= 0.3 is 0 Å². The molecule has 0 radical (unpaired) electrons. The Balaban J connectivity index is 1.68. The normalized spacial score (nSPS) is 19.2. The molecule has 2 aliphatic rings. The van der Waals surface area contributed by atoms with Crippen LogP contribution in [0, 0.1) is 5.41 Å². The number of nitrogens with zero attached hydrogens (tertiary/aromatic N) is 3. The number of amides is 1. The summed E-state index contributed by atoms with van der Waals surface area (Å²) < 4.78 is 0. The SMILES string of the molecule is CC(C)(C)CC(=O)N1CCc2nc(N3CCNCC3)sc2C1. The second kappa shape index (κ2) is 6.16. The molecule has 22 heavy (non-hydrogen) atoms. The third-order valence-electron chi connectivity index (χ3n) is 4.14. The van der Waals surface area contributed by atoms with Crippen LogP contribution >= 0.6 is 11.3 Å². The summed E-state index contributed by atoms with van der Waals surface area (Å²) in [6, 6.07) is 0. The van der Waals surface area contributed by atoms with Gasteiger partial charge < -0.3 is 15.1 Å². The number of anilines is 1. The van der Waals surface area contributed by atoms with E-state index >= 15 is 0 Å². The Bertz CT molecular complexity index is 543. The number of hydrogen-bond donors (Lipinski definition) is 1. The van der Waals surface area contributed by atoms with Crippen LogP contribution < -0.4 is 10.2 Å². The largest absolute Gasteiger partial charge is 0.346 e. The first-order valence-electron chi connectivity index (χ1n) is 8.14. The van der Waals surface area contributed by atoms with Crippen molar-refractivity contribution in [1.82, 2.24) is 15.2 Å². The van der Waals surface area contributed by atoms with Crippen molar-refractivity contribution in [3.8, 4) is 0 Å². The average molecular weight is 322 g/mol. The minimum atomic E-state index is 0.0526. The maximum absolute atomic E-state index is 12.4. The molecule has 0 aromatic carbocycles. The summed E-state index contributed by atoms with van der Waals surface area (Å²) in [6.45, 7) is 12.0. The summed E-state index contributed by atoms with van der Waals surface area (Å²) in [4.78, 5) is 22.9. The Labute approximate surface area is 136 Å². The molecule has 3 heterocycles. The number of rotatable bonds is 2. The Morgan fingerprint density at radius 3 is 2.68 bits per heavy atom. The maximum atomic E-state index is 12.4. The van der Waals surface area contributed by atoms with E-state index in [1.165, 1.54) is 10.6 Å². The van der Waals surface area contributed by atoms with E-state index in [4.69, 9.17) is 4.98 Å². The Hall–Kier alpha value is -1.14. The fraction of sp³-hybridized carbons (Fsp3) is 0.750. The number of carbonyl (C=O) groups excluding carboxylic acids is 1. The predicted molar refractivity (Wildman–Crippen MR) is 90.4 cm³/mol. The van der Waals surface area contributed by atoms with Crippen LogP contribution in [0.25, 0.3) is 0 Å². The monoisotopic (exact) mass is 322 g/mol. The first-order valence-corrected chi connectivity index (χ1v) is 8.96. The second-order valence-corrected chi connectivity index (χ2v) is 8.47. The molecular weight excluding hydrogens is 296 g/mol. The van der Waals surface area contributed by atoms with Gasteiger partial charge in [0.05, 0.1) is 12.2 Å². The summed E-state index contributed by atoms with van der Waals surface area (Å²) in [5.41, 5.74) is 1.26. The zero-order valence-corrected chi connectivity index (χ0v) is 14.6. The molecule has 0 atom stereocenters. The molecule has 1 N–H and O–H groups in total. The van der Waals surface area contributed by atoms with Gasteiger partial charge in [0.15, 0.2) is 5.13 Å². The highest BCUT2D eigenvalue weighted by molar-refractivity contribution is 7.15. The number of nitrogens with one attached hydrogen (secondary N) is 1. The van der Waals surface area contributed by atoms with Gasteiger partial charge in [-0.2, -0.15) is 0 Å². The number of piperazine rings is 1. The number of carbonyl (C=O) groups is 1. The van der Waals surface area contributed by atoms with Gasteiger partial charge in [0.25, 0.3) is 0 Å². The molecule has 0 spiro atoms. The molecule has 0 saturated carbocycles. The quantitative estimate of drug-likeness (QED) is 0.903. The van der Waals surface area contributed by atoms with E-state index in [9.17, 15) is 4.79 Å². The third-order valence-corrected chi connectivity index (χ3v) is 5.28. The summed E-state index contributed by atoms with van der Waals surface area (Å²) >= 11 is 1.77. The van der Waals surface area contributed by atoms with Crippen LogP contribution in [0.2, 0.25) is 0 Å². The van der Waals surface area contributed by atoms with Crippen LogP contribution in [-0.2, 0) is 17.8 Å². The molecule has 1 fully saturated rings. The van der Waals surface area contributed by atoms with Crippen LogP contribution in [0.4, 0.5) is 5.13 Å². The minimum absolute atomic E-state index is 0.0526. The molecule has 0 bridgehead atoms. The highest BCUT2D eigenvalue weighted by atomic mass is 32.1. The number of fused-ring (bicyclic) bond motifs is 1. The van der Waals surface area contributed by atoms with Crippen molar-refractivity contribution < 1.29 is 4.79 Å². The zero-order chi connectivity index (χ0) is 15.7. The fourth-order valence-electron chi connectivity index (χ4n) is 2.95. The third kappa shape index (κ3) is 3.60. The van der Waals surface area contributed by atoms with Gasteiger partial charge in [0, 0.05) is 50.4 Å². The second-order valence-electron chi connectivity index (χ2n) is 7.41. The average Bonchev–Trinajstić information content (AvgIpc) is 2.89. The summed E-state index contributed by atoms with van der Waals surface area (Å²) in [6.07, 6.45) is 1.51. The van der Waals surface area contributed by atoms with Crippen LogP contribution in [0.1, 0.15) is 37.8 Å². The molecule has 1 amide bonds. The Morgan fingerprint density at radius 1 is 1.27 bits per heavy atom. The zero-order valence-electron chi connectivity index (χ0n) is 13.8. The van der Waals surface area contributed by atoms with E-state index in [1.54, 1.807) is 11.3 Å². The van der Waals surface area contributed by atoms with Gasteiger partial charge in [-0.15, -0.1) is 0 Å². The van der Waals surface area contributed by atoms with E-state index in [2.05, 4.69) is 31.0 Å². The van der Waals surface area contributed by atoms with E-state index in [-0.39, 0.29) is 11.3 Å². The molecule has 1 aromatic heterocycles. The summed E-state index contributed by atoms with van der Waals surface area (Å²) in [5, 5.41) is 4.51. The van der Waals surface area contributed by atoms with Crippen molar-refractivity contribution in [2.45, 2.75) is 40.2 Å². The molecule has 0 aliphatic carbocycles. The summed E-state index contributed by atoms with van der Waals surface area (Å²) in [7, 11) is 0. The van der Waals surface area contributed by atoms with Gasteiger partial charge in [-0.05, 0) is 5.41 Å². The standard InChI is InChI=1S/C16H26N4OS/c1-16(2,3)10-14(21)20-7-4-12-13(11-20)22-15(18-12)19-8-5-17-6-9-19/h17H,4-11H2,1-3H3. The summed E-state index contributed by atoms with van der Waals surface area (Å²) in [5.74, 6) is 0.273. The van der Waals surface area contributed by atoms with Crippen molar-refractivity contribution in [2.24, 2.45) is 5.41 Å². The molecule has 6 heteroatoms. The van der Waals surface area contributed by atoms with E-state index in [1.807, 2.05) is 4.90 Å². The first kappa shape index (κ1) is 15.7. The lowest BCUT2D eigenvalue weighted by Crippen LogP contribution is -2.43. The lowest BCUT2D eigenvalue weighted by molar-refractivity contribution is -0.133. The minimum Gasteiger partial charge on any atom is -0.346 e. The number of thiazole rings is 1. The molecule has 5 nitrogen and oxygen atoms in total.